The molecule has 0 amide bonds. The minimum absolute atomic E-state index is 0.196. The van der Waals surface area contributed by atoms with Gasteiger partial charge in [-0.15, -0.1) is 0 Å². The number of nitrogens with one attached hydrogen (secondary N) is 2. The lowest BCUT2D eigenvalue weighted by atomic mass is 10.1. The van der Waals surface area contributed by atoms with Crippen LogP contribution in [-0.2, 0) is 6.42 Å². The van der Waals surface area contributed by atoms with Crippen LogP contribution in [-0.4, -0.2) is 16.5 Å². The van der Waals surface area contributed by atoms with Crippen molar-refractivity contribution in [3.8, 4) is 0 Å². The van der Waals surface area contributed by atoms with Crippen molar-refractivity contribution in [1.82, 2.24) is 4.98 Å². The number of anilines is 1. The number of nitrogens with zero attached hydrogens (tertiary/aromatic N) is 1. The average Bonchev–Trinajstić information content (AvgIpc) is 3.04. The molecule has 2 N–H and O–H groups in total. The zero-order valence-corrected chi connectivity index (χ0v) is 13.7. The van der Waals surface area contributed by atoms with Crippen LogP contribution in [0.2, 0.25) is 0 Å². The molecule has 0 spiro atoms. The van der Waals surface area contributed by atoms with Crippen molar-refractivity contribution < 1.29 is 9.34 Å². The van der Waals surface area contributed by atoms with E-state index in [-0.39, 0.29) is 5.69 Å². The third-order valence-electron chi connectivity index (χ3n) is 4.34. The second kappa shape index (κ2) is 6.36. The highest BCUT2D eigenvalue weighted by Crippen LogP contribution is 2.30. The van der Waals surface area contributed by atoms with Crippen molar-refractivity contribution in [2.24, 2.45) is 0 Å². The molecule has 0 atom stereocenters. The Hall–Kier alpha value is -3.61. The van der Waals surface area contributed by atoms with Crippen molar-refractivity contribution in [2.75, 3.05) is 11.9 Å². The smallest absolute Gasteiger partial charge is 0.417 e. The molecule has 0 aliphatic heterocycles. The van der Waals surface area contributed by atoms with E-state index in [2.05, 4.69) is 10.3 Å². The highest BCUT2D eigenvalue weighted by Gasteiger charge is 2.24. The lowest BCUT2D eigenvalue weighted by Gasteiger charge is -2.09. The Labute approximate surface area is 147 Å². The summed E-state index contributed by atoms with van der Waals surface area (Å²) in [6, 6.07) is 14.7. The Morgan fingerprint density at radius 3 is 2.62 bits per heavy atom. The summed E-state index contributed by atoms with van der Waals surface area (Å²) in [6.45, 7) is 0.441. The maximum absolute atomic E-state index is 12.0. The van der Waals surface area contributed by atoms with Crippen LogP contribution in [0, 0.1) is 10.1 Å². The maximum Gasteiger partial charge on any atom is 0.417 e. The summed E-state index contributed by atoms with van der Waals surface area (Å²) in [5.41, 5.74) is 1.13. The number of hydrogen-bond donors (Lipinski definition) is 2. The van der Waals surface area contributed by atoms with E-state index in [1.54, 1.807) is 24.3 Å². The largest absolute Gasteiger partial charge is 0.418 e. The molecule has 7 nitrogen and oxygen atoms in total. The summed E-state index contributed by atoms with van der Waals surface area (Å²) in [5.74, 6) is 0. The van der Waals surface area contributed by atoms with Crippen molar-refractivity contribution in [2.45, 2.75) is 6.42 Å². The van der Waals surface area contributed by atoms with Gasteiger partial charge in [0.15, 0.2) is 0 Å². The van der Waals surface area contributed by atoms with Gasteiger partial charge in [-0.1, -0.05) is 30.3 Å². The van der Waals surface area contributed by atoms with Crippen molar-refractivity contribution >= 4 is 33.2 Å². The van der Waals surface area contributed by atoms with Crippen LogP contribution in [0.3, 0.4) is 0 Å². The van der Waals surface area contributed by atoms with E-state index in [1.165, 1.54) is 0 Å². The minimum atomic E-state index is -0.955. The summed E-state index contributed by atoms with van der Waals surface area (Å²) >= 11 is 0. The van der Waals surface area contributed by atoms with Gasteiger partial charge in [-0.25, -0.2) is 4.79 Å². The molecule has 26 heavy (non-hydrogen) atoms. The fraction of sp³-hybridized carbons (Fsp3) is 0.105. The first-order valence-corrected chi connectivity index (χ1v) is 8.14. The minimum Gasteiger partial charge on any atom is -0.418 e. The van der Waals surface area contributed by atoms with Gasteiger partial charge in [0, 0.05) is 29.0 Å². The van der Waals surface area contributed by atoms with Gasteiger partial charge < -0.3 is 14.7 Å². The van der Waals surface area contributed by atoms with Gasteiger partial charge in [-0.2, -0.15) is 0 Å². The molecule has 0 unspecified atom stereocenters. The molecule has 0 fully saturated rings. The van der Waals surface area contributed by atoms with Gasteiger partial charge in [0.1, 0.15) is 11.3 Å². The third-order valence-corrected chi connectivity index (χ3v) is 4.34. The molecule has 0 saturated heterocycles. The lowest BCUT2D eigenvalue weighted by molar-refractivity contribution is -0.386. The zero-order chi connectivity index (χ0) is 18.1. The number of aromatic amines is 1. The first-order valence-electron chi connectivity index (χ1n) is 8.14. The second-order valence-corrected chi connectivity index (χ2v) is 5.90. The predicted octanol–water partition coefficient (Wildman–Crippen LogP) is 3.84. The van der Waals surface area contributed by atoms with E-state index in [4.69, 9.17) is 4.42 Å². The quantitative estimate of drug-likeness (QED) is 0.324. The van der Waals surface area contributed by atoms with Gasteiger partial charge in [-0.05, 0) is 30.2 Å². The van der Waals surface area contributed by atoms with Gasteiger partial charge >= 0.3 is 11.3 Å². The lowest BCUT2D eigenvalue weighted by Crippen LogP contribution is -2.14. The van der Waals surface area contributed by atoms with Crippen molar-refractivity contribution in [3.05, 3.63) is 80.8 Å². The fourth-order valence-corrected chi connectivity index (χ4v) is 3.15. The monoisotopic (exact) mass is 349 g/mol. The standard InChI is InChI=1S/C19H15N3O4/c23-19-18(22(24)25)17(14-6-2-4-8-16(14)26-19)20-10-9-12-11-21-15-7-3-1-5-13(12)15/h1-8,11,20-21H,9-10H2. The molecule has 0 radical (unpaired) electrons. The molecule has 4 aromatic rings. The number of hydrogen-bond acceptors (Lipinski definition) is 5. The van der Waals surface area contributed by atoms with Crippen LogP contribution in [0.15, 0.2) is 63.9 Å². The number of para-hydroxylation sites is 2. The van der Waals surface area contributed by atoms with Crippen LogP contribution in [0.1, 0.15) is 5.56 Å². The Kier molecular flexibility index (Phi) is 3.89. The van der Waals surface area contributed by atoms with E-state index in [1.807, 2.05) is 30.5 Å². The first-order chi connectivity index (χ1) is 12.6. The number of H-pyrrole nitrogens is 1. The zero-order valence-electron chi connectivity index (χ0n) is 13.7. The molecule has 2 aromatic carbocycles. The fourth-order valence-electron chi connectivity index (χ4n) is 3.15. The summed E-state index contributed by atoms with van der Waals surface area (Å²) in [7, 11) is 0. The molecule has 2 heterocycles. The topological polar surface area (TPSA) is 101 Å². The Morgan fingerprint density at radius 2 is 1.81 bits per heavy atom. The molecule has 130 valence electrons. The van der Waals surface area contributed by atoms with E-state index >= 15 is 0 Å². The number of rotatable bonds is 5. The SMILES string of the molecule is O=c1oc2ccccc2c(NCCc2c[nH]c3ccccc23)c1[N+](=O)[O-]. The highest BCUT2D eigenvalue weighted by molar-refractivity contribution is 5.94. The summed E-state index contributed by atoms with van der Waals surface area (Å²) in [4.78, 5) is 25.9. The van der Waals surface area contributed by atoms with Gasteiger partial charge in [-0.3, -0.25) is 10.1 Å². The van der Waals surface area contributed by atoms with Gasteiger partial charge in [0.2, 0.25) is 0 Å². The number of nitro groups is 1. The average molecular weight is 349 g/mol. The van der Waals surface area contributed by atoms with Crippen molar-refractivity contribution in [1.29, 1.82) is 0 Å². The summed E-state index contributed by atoms with van der Waals surface area (Å²) in [6.07, 6.45) is 2.58. The predicted molar refractivity (Wildman–Crippen MR) is 99.6 cm³/mol. The molecule has 2 aromatic heterocycles. The van der Waals surface area contributed by atoms with Crippen LogP contribution < -0.4 is 10.9 Å². The molecule has 0 aliphatic carbocycles. The molecule has 4 rings (SSSR count). The van der Waals surface area contributed by atoms with E-state index < -0.39 is 16.2 Å². The molecule has 7 heteroatoms. The maximum atomic E-state index is 12.0. The third kappa shape index (κ3) is 2.69. The van der Waals surface area contributed by atoms with E-state index in [9.17, 15) is 14.9 Å². The number of aromatic nitrogens is 1. The van der Waals surface area contributed by atoms with Crippen LogP contribution >= 0.6 is 0 Å². The number of fused-ring (bicyclic) bond motifs is 2. The normalized spacial score (nSPS) is 11.1. The Morgan fingerprint density at radius 1 is 1.08 bits per heavy atom. The molecule has 0 aliphatic rings. The van der Waals surface area contributed by atoms with Crippen LogP contribution in [0.5, 0.6) is 0 Å². The van der Waals surface area contributed by atoms with Crippen LogP contribution in [0.4, 0.5) is 11.4 Å². The summed E-state index contributed by atoms with van der Waals surface area (Å²) < 4.78 is 5.06. The molecular formula is C19H15N3O4. The second-order valence-electron chi connectivity index (χ2n) is 5.90. The summed E-state index contributed by atoms with van der Waals surface area (Å²) in [5, 5.41) is 16.0. The molecule has 0 bridgehead atoms. The van der Waals surface area contributed by atoms with E-state index in [0.717, 1.165) is 16.5 Å². The number of benzene rings is 2. The Bertz CT molecular complexity index is 1180. The molecule has 0 saturated carbocycles. The van der Waals surface area contributed by atoms with Gasteiger partial charge in [0.05, 0.1) is 4.92 Å². The van der Waals surface area contributed by atoms with Crippen LogP contribution in [0.25, 0.3) is 21.9 Å². The first kappa shape index (κ1) is 15.9. The van der Waals surface area contributed by atoms with E-state index in [0.29, 0.717) is 23.9 Å². The van der Waals surface area contributed by atoms with Crippen molar-refractivity contribution in [3.63, 3.8) is 0 Å². The molecular weight excluding hydrogens is 334 g/mol. The highest BCUT2D eigenvalue weighted by atomic mass is 16.6. The Balaban J connectivity index is 1.67. The van der Waals surface area contributed by atoms with Gasteiger partial charge in [0.25, 0.3) is 0 Å².